The maximum Gasteiger partial charge on any atom is 0.347 e. The molecule has 1 aromatic rings. The van der Waals surface area contributed by atoms with E-state index in [1.54, 1.807) is 6.92 Å². The predicted molar refractivity (Wildman–Crippen MR) is 71.3 cm³/mol. The summed E-state index contributed by atoms with van der Waals surface area (Å²) >= 11 is 6.04. The number of nitrogens with zero attached hydrogens (tertiary/aromatic N) is 2. The molecule has 1 unspecified atom stereocenters. The van der Waals surface area contributed by atoms with E-state index in [2.05, 4.69) is 10.9 Å². The molecule has 6 heteroatoms. The SMILES string of the molecule is C#CCN1C(=O)N=C(N)C1(C)c1ccc(F)cc1Cl. The van der Waals surface area contributed by atoms with E-state index in [-0.39, 0.29) is 17.4 Å². The third kappa shape index (κ3) is 1.94. The van der Waals surface area contributed by atoms with Crippen LogP contribution in [0.15, 0.2) is 23.2 Å². The topological polar surface area (TPSA) is 58.7 Å². The van der Waals surface area contributed by atoms with E-state index in [0.29, 0.717) is 5.56 Å². The maximum atomic E-state index is 13.1. The molecule has 19 heavy (non-hydrogen) atoms. The molecule has 4 nitrogen and oxygen atoms in total. The van der Waals surface area contributed by atoms with Crippen LogP contribution in [0.3, 0.4) is 0 Å². The first-order chi connectivity index (χ1) is 8.91. The Hall–Kier alpha value is -2.06. The van der Waals surface area contributed by atoms with Crippen molar-refractivity contribution in [3.63, 3.8) is 0 Å². The Bertz CT molecular complexity index is 623. The Morgan fingerprint density at radius 2 is 2.32 bits per heavy atom. The number of carbonyl (C=O) groups excluding carboxylic acids is 1. The van der Waals surface area contributed by atoms with Crippen molar-refractivity contribution in [3.05, 3.63) is 34.6 Å². The van der Waals surface area contributed by atoms with Crippen LogP contribution in [-0.4, -0.2) is 23.3 Å². The summed E-state index contributed by atoms with van der Waals surface area (Å²) in [6.45, 7) is 1.71. The van der Waals surface area contributed by atoms with Gasteiger partial charge in [0.1, 0.15) is 17.2 Å². The number of urea groups is 1. The van der Waals surface area contributed by atoms with Crippen LogP contribution in [-0.2, 0) is 5.54 Å². The van der Waals surface area contributed by atoms with Crippen molar-refractivity contribution in [1.82, 2.24) is 4.90 Å². The number of halogens is 2. The molecular formula is C13H11ClFN3O. The molecule has 0 aliphatic carbocycles. The Kier molecular flexibility index (Phi) is 3.21. The molecule has 1 aliphatic rings. The van der Waals surface area contributed by atoms with Crippen molar-refractivity contribution in [2.45, 2.75) is 12.5 Å². The van der Waals surface area contributed by atoms with Crippen LogP contribution in [0, 0.1) is 18.2 Å². The van der Waals surface area contributed by atoms with Crippen LogP contribution in [0.4, 0.5) is 9.18 Å². The fourth-order valence-electron chi connectivity index (χ4n) is 2.09. The van der Waals surface area contributed by atoms with Crippen molar-refractivity contribution >= 4 is 23.5 Å². The van der Waals surface area contributed by atoms with E-state index in [0.717, 1.165) is 6.07 Å². The monoisotopic (exact) mass is 279 g/mol. The molecule has 0 spiro atoms. The van der Waals surface area contributed by atoms with Gasteiger partial charge in [-0.25, -0.2) is 9.18 Å². The summed E-state index contributed by atoms with van der Waals surface area (Å²) in [6.07, 6.45) is 5.25. The standard InChI is InChI=1S/C13H11ClFN3O/c1-3-6-18-12(19)17-11(16)13(18,2)9-5-4-8(15)7-10(9)14/h1,4-5,7H,6H2,2H3,(H2,16,17,19). The normalized spacial score (nSPS) is 22.3. The molecule has 1 aliphatic heterocycles. The number of carbonyl (C=O) groups is 1. The smallest absolute Gasteiger partial charge is 0.347 e. The van der Waals surface area contributed by atoms with E-state index in [9.17, 15) is 9.18 Å². The molecule has 2 amide bonds. The van der Waals surface area contributed by atoms with E-state index in [1.165, 1.54) is 17.0 Å². The largest absolute Gasteiger partial charge is 0.385 e. The summed E-state index contributed by atoms with van der Waals surface area (Å²) in [6, 6.07) is 3.35. The van der Waals surface area contributed by atoms with Gasteiger partial charge in [0.15, 0.2) is 0 Å². The summed E-state index contributed by atoms with van der Waals surface area (Å²) in [5.74, 6) is 1.99. The highest BCUT2D eigenvalue weighted by molar-refractivity contribution is 6.32. The number of aliphatic imine (C=N–C) groups is 1. The number of amidine groups is 1. The van der Waals surface area contributed by atoms with Crippen LogP contribution in [0.5, 0.6) is 0 Å². The third-order valence-corrected chi connectivity index (χ3v) is 3.50. The van der Waals surface area contributed by atoms with Gasteiger partial charge in [-0.1, -0.05) is 23.6 Å². The average molecular weight is 280 g/mol. The quantitative estimate of drug-likeness (QED) is 0.843. The number of rotatable bonds is 2. The van der Waals surface area contributed by atoms with Crippen LogP contribution < -0.4 is 5.73 Å². The molecule has 0 saturated carbocycles. The second kappa shape index (κ2) is 4.56. The average Bonchev–Trinajstić information content (AvgIpc) is 2.54. The van der Waals surface area contributed by atoms with Crippen molar-refractivity contribution in [2.24, 2.45) is 10.7 Å². The van der Waals surface area contributed by atoms with E-state index in [1.807, 2.05) is 0 Å². The number of hydrogen-bond donors (Lipinski definition) is 1. The van der Waals surface area contributed by atoms with Gasteiger partial charge in [-0.05, 0) is 19.1 Å². The molecule has 2 rings (SSSR count). The second-order valence-electron chi connectivity index (χ2n) is 4.27. The van der Waals surface area contributed by atoms with Gasteiger partial charge in [-0.3, -0.25) is 4.90 Å². The van der Waals surface area contributed by atoms with Crippen LogP contribution in [0.25, 0.3) is 0 Å². The number of nitrogens with two attached hydrogens (primary N) is 1. The molecule has 1 aromatic carbocycles. The van der Waals surface area contributed by atoms with Crippen LogP contribution >= 0.6 is 11.6 Å². The fourth-order valence-corrected chi connectivity index (χ4v) is 2.44. The zero-order chi connectivity index (χ0) is 14.2. The molecule has 0 radical (unpaired) electrons. The lowest BCUT2D eigenvalue weighted by atomic mass is 9.89. The number of terminal acetylenes is 1. The van der Waals surface area contributed by atoms with Gasteiger partial charge in [-0.15, -0.1) is 6.42 Å². The predicted octanol–water partition coefficient (Wildman–Crippen LogP) is 2.12. The van der Waals surface area contributed by atoms with E-state index >= 15 is 0 Å². The summed E-state index contributed by atoms with van der Waals surface area (Å²) in [4.78, 5) is 16.8. The second-order valence-corrected chi connectivity index (χ2v) is 4.67. The zero-order valence-corrected chi connectivity index (χ0v) is 10.9. The third-order valence-electron chi connectivity index (χ3n) is 3.19. The Morgan fingerprint density at radius 3 is 2.89 bits per heavy atom. The van der Waals surface area contributed by atoms with Gasteiger partial charge >= 0.3 is 6.03 Å². The van der Waals surface area contributed by atoms with Gasteiger partial charge in [0.25, 0.3) is 0 Å². The van der Waals surface area contributed by atoms with E-state index < -0.39 is 17.4 Å². The van der Waals surface area contributed by atoms with Crippen molar-refractivity contribution in [2.75, 3.05) is 6.54 Å². The first-order valence-corrected chi connectivity index (χ1v) is 5.84. The van der Waals surface area contributed by atoms with Gasteiger partial charge in [0.2, 0.25) is 0 Å². The Labute approximate surface area is 115 Å². The van der Waals surface area contributed by atoms with Crippen molar-refractivity contribution < 1.29 is 9.18 Å². The molecule has 2 N–H and O–H groups in total. The lowest BCUT2D eigenvalue weighted by molar-refractivity contribution is 0.189. The van der Waals surface area contributed by atoms with Gasteiger partial charge < -0.3 is 5.73 Å². The number of benzene rings is 1. The van der Waals surface area contributed by atoms with Crippen LogP contribution in [0.2, 0.25) is 5.02 Å². The van der Waals surface area contributed by atoms with E-state index in [4.69, 9.17) is 23.8 Å². The summed E-state index contributed by atoms with van der Waals surface area (Å²) in [7, 11) is 0. The highest BCUT2D eigenvalue weighted by Gasteiger charge is 2.46. The molecule has 0 bridgehead atoms. The molecule has 0 aromatic heterocycles. The van der Waals surface area contributed by atoms with Gasteiger partial charge in [0.05, 0.1) is 6.54 Å². The lowest BCUT2D eigenvalue weighted by Crippen LogP contribution is -2.49. The first kappa shape index (κ1) is 13.4. The molecule has 1 heterocycles. The van der Waals surface area contributed by atoms with Crippen molar-refractivity contribution in [1.29, 1.82) is 0 Å². The molecular weight excluding hydrogens is 269 g/mol. The Morgan fingerprint density at radius 1 is 1.63 bits per heavy atom. The lowest BCUT2D eigenvalue weighted by Gasteiger charge is -2.34. The summed E-state index contributed by atoms with van der Waals surface area (Å²) < 4.78 is 13.1. The number of amides is 2. The minimum atomic E-state index is -1.06. The maximum absolute atomic E-state index is 13.1. The molecule has 1 atom stereocenters. The minimum Gasteiger partial charge on any atom is -0.385 e. The first-order valence-electron chi connectivity index (χ1n) is 5.46. The molecule has 0 fully saturated rings. The molecule has 98 valence electrons. The van der Waals surface area contributed by atoms with Gasteiger partial charge in [-0.2, -0.15) is 4.99 Å². The van der Waals surface area contributed by atoms with Crippen molar-refractivity contribution in [3.8, 4) is 12.3 Å². The summed E-state index contributed by atoms with van der Waals surface area (Å²) in [5, 5.41) is 0.164. The molecule has 0 saturated heterocycles. The summed E-state index contributed by atoms with van der Waals surface area (Å²) in [5.41, 5.74) is 5.25. The Balaban J connectivity index is 2.59. The fraction of sp³-hybridized carbons (Fsp3) is 0.231. The highest BCUT2D eigenvalue weighted by atomic mass is 35.5. The van der Waals surface area contributed by atoms with Crippen LogP contribution in [0.1, 0.15) is 12.5 Å². The highest BCUT2D eigenvalue weighted by Crippen LogP contribution is 2.37. The van der Waals surface area contributed by atoms with Gasteiger partial charge in [0, 0.05) is 10.6 Å². The number of hydrogen-bond acceptors (Lipinski definition) is 2. The minimum absolute atomic E-state index is 0.0350. The zero-order valence-electron chi connectivity index (χ0n) is 10.2.